The van der Waals surface area contributed by atoms with Crippen LogP contribution in [0, 0.1) is 0 Å². The number of nitrogens with zero attached hydrogens (tertiary/aromatic N) is 2. The van der Waals surface area contributed by atoms with E-state index in [9.17, 15) is 9.59 Å². The molecule has 2 aromatic carbocycles. The second-order valence-corrected chi connectivity index (χ2v) is 8.29. The van der Waals surface area contributed by atoms with Crippen molar-refractivity contribution in [2.75, 3.05) is 39.3 Å². The van der Waals surface area contributed by atoms with Gasteiger partial charge in [-0.05, 0) is 63.6 Å². The summed E-state index contributed by atoms with van der Waals surface area (Å²) in [6, 6.07) is 13.0. The third kappa shape index (κ3) is 4.94. The lowest BCUT2D eigenvalue weighted by Crippen LogP contribution is -2.32. The van der Waals surface area contributed by atoms with Gasteiger partial charge in [-0.3, -0.25) is 14.5 Å². The van der Waals surface area contributed by atoms with Gasteiger partial charge >= 0.3 is 0 Å². The molecule has 1 fully saturated rings. The normalized spacial score (nSPS) is 15.2. The minimum atomic E-state index is -0.309. The first-order valence-corrected chi connectivity index (χ1v) is 10.5. The average Bonchev–Trinajstić information content (AvgIpc) is 2.95. The quantitative estimate of drug-likeness (QED) is 0.542. The first-order chi connectivity index (χ1) is 13.9. The van der Waals surface area contributed by atoms with Crippen LogP contribution in [0.25, 0.3) is 6.08 Å². The molecule has 152 valence electrons. The van der Waals surface area contributed by atoms with E-state index in [1.165, 1.54) is 4.90 Å². The number of rotatable bonds is 7. The maximum atomic E-state index is 12.7. The molecule has 1 aliphatic heterocycles. The summed E-state index contributed by atoms with van der Waals surface area (Å²) < 4.78 is 11.8. The lowest BCUT2D eigenvalue weighted by molar-refractivity contribution is -0.123. The number of halogens is 1. The molecule has 1 aliphatic rings. The Kier molecular flexibility index (Phi) is 6.87. The van der Waals surface area contributed by atoms with E-state index >= 15 is 0 Å². The molecule has 2 aromatic rings. The van der Waals surface area contributed by atoms with Crippen molar-refractivity contribution in [3.05, 3.63) is 57.4 Å². The van der Waals surface area contributed by atoms with Crippen LogP contribution in [0.2, 0.25) is 0 Å². The van der Waals surface area contributed by atoms with Gasteiger partial charge in [0.25, 0.3) is 11.1 Å². The molecule has 0 aliphatic carbocycles. The Labute approximate surface area is 182 Å². The lowest BCUT2D eigenvalue weighted by atomic mass is 10.2. The number of carbonyl (C=O) groups is 2. The first-order valence-electron chi connectivity index (χ1n) is 8.88. The fourth-order valence-electron chi connectivity index (χ4n) is 2.80. The number of benzene rings is 2. The fraction of sp³-hybridized carbons (Fsp3) is 0.238. The summed E-state index contributed by atoms with van der Waals surface area (Å²) in [5, 5.41) is -0.297. The fourth-order valence-corrected chi connectivity index (χ4v) is 4.42. The summed E-state index contributed by atoms with van der Waals surface area (Å²) in [7, 11) is 5.48. The zero-order valence-electron chi connectivity index (χ0n) is 16.3. The van der Waals surface area contributed by atoms with Gasteiger partial charge < -0.3 is 14.4 Å². The zero-order chi connectivity index (χ0) is 21.0. The second-order valence-electron chi connectivity index (χ2n) is 6.44. The van der Waals surface area contributed by atoms with Gasteiger partial charge in [-0.25, -0.2) is 0 Å². The third-order valence-corrected chi connectivity index (χ3v) is 5.81. The van der Waals surface area contributed by atoms with E-state index in [4.69, 9.17) is 9.47 Å². The first kappa shape index (κ1) is 21.3. The van der Waals surface area contributed by atoms with Gasteiger partial charge in [0.05, 0.1) is 24.2 Å². The number of carbonyl (C=O) groups excluding carboxylic acids is 2. The standard InChI is InChI=1S/C21H21BrN2O4S/c1-23(2)16-9-8-14(12-15(16)22)13-19-20(25)24(21(26)29-19)10-11-28-18-7-5-4-6-17(18)27-3/h4-9,12-13H,10-11H2,1-3H3/b19-13-. The van der Waals surface area contributed by atoms with Crippen molar-refractivity contribution in [1.82, 2.24) is 4.90 Å². The number of imide groups is 1. The van der Waals surface area contributed by atoms with Crippen LogP contribution in [0.15, 0.2) is 51.8 Å². The molecule has 3 rings (SSSR count). The Hall–Kier alpha value is -2.45. The number of para-hydroxylation sites is 2. The van der Waals surface area contributed by atoms with Gasteiger partial charge in [0, 0.05) is 18.6 Å². The summed E-state index contributed by atoms with van der Waals surface area (Å²) in [6.07, 6.45) is 1.73. The van der Waals surface area contributed by atoms with Gasteiger partial charge in [0.1, 0.15) is 6.61 Å². The van der Waals surface area contributed by atoms with Crippen LogP contribution in [-0.2, 0) is 4.79 Å². The maximum absolute atomic E-state index is 12.7. The number of ether oxygens (including phenoxy) is 2. The lowest BCUT2D eigenvalue weighted by Gasteiger charge is -2.15. The largest absolute Gasteiger partial charge is 0.493 e. The Balaban J connectivity index is 1.66. The molecule has 8 heteroatoms. The van der Waals surface area contributed by atoms with E-state index in [0.717, 1.165) is 27.5 Å². The molecule has 0 saturated carbocycles. The van der Waals surface area contributed by atoms with Gasteiger partial charge in [-0.15, -0.1) is 0 Å². The van der Waals surface area contributed by atoms with Gasteiger partial charge in [0.15, 0.2) is 11.5 Å². The molecule has 1 saturated heterocycles. The van der Waals surface area contributed by atoms with Crippen molar-refractivity contribution < 1.29 is 19.1 Å². The highest BCUT2D eigenvalue weighted by molar-refractivity contribution is 9.10. The van der Waals surface area contributed by atoms with Crippen molar-refractivity contribution in [3.63, 3.8) is 0 Å². The minimum absolute atomic E-state index is 0.170. The van der Waals surface area contributed by atoms with E-state index in [0.29, 0.717) is 16.4 Å². The molecule has 0 aromatic heterocycles. The Morgan fingerprint density at radius 1 is 1.14 bits per heavy atom. The van der Waals surface area contributed by atoms with Crippen LogP contribution in [0.1, 0.15) is 5.56 Å². The SMILES string of the molecule is COc1ccccc1OCCN1C(=O)S/C(=C\c2ccc(N(C)C)c(Br)c2)C1=O. The summed E-state index contributed by atoms with van der Waals surface area (Å²) >= 11 is 4.48. The van der Waals surface area contributed by atoms with Crippen LogP contribution >= 0.6 is 27.7 Å². The Morgan fingerprint density at radius 3 is 2.52 bits per heavy atom. The highest BCUT2D eigenvalue weighted by Crippen LogP contribution is 2.34. The molecule has 0 N–H and O–H groups in total. The maximum Gasteiger partial charge on any atom is 0.293 e. The van der Waals surface area contributed by atoms with Crippen LogP contribution in [-0.4, -0.2) is 50.4 Å². The Bertz CT molecular complexity index is 961. The van der Waals surface area contributed by atoms with Crippen molar-refractivity contribution in [1.29, 1.82) is 0 Å². The molecule has 29 heavy (non-hydrogen) atoms. The monoisotopic (exact) mass is 476 g/mol. The van der Waals surface area contributed by atoms with Gasteiger partial charge in [-0.2, -0.15) is 0 Å². The van der Waals surface area contributed by atoms with Crippen LogP contribution in [0.3, 0.4) is 0 Å². The molecule has 0 spiro atoms. The van der Waals surface area contributed by atoms with Crippen molar-refractivity contribution in [2.24, 2.45) is 0 Å². The molecular weight excluding hydrogens is 456 g/mol. The average molecular weight is 477 g/mol. The molecule has 0 radical (unpaired) electrons. The van der Waals surface area contributed by atoms with E-state index in [1.54, 1.807) is 25.3 Å². The van der Waals surface area contributed by atoms with Gasteiger partial charge in [-0.1, -0.05) is 18.2 Å². The van der Waals surface area contributed by atoms with E-state index < -0.39 is 0 Å². The number of anilines is 1. The number of methoxy groups -OCH3 is 1. The summed E-state index contributed by atoms with van der Waals surface area (Å²) in [5.41, 5.74) is 1.88. The molecule has 2 amide bonds. The Morgan fingerprint density at radius 2 is 1.86 bits per heavy atom. The highest BCUT2D eigenvalue weighted by Gasteiger charge is 2.34. The van der Waals surface area contributed by atoms with Crippen LogP contribution < -0.4 is 14.4 Å². The second kappa shape index (κ2) is 9.37. The molecule has 0 bridgehead atoms. The minimum Gasteiger partial charge on any atom is -0.493 e. The van der Waals surface area contributed by atoms with Crippen molar-refractivity contribution in [3.8, 4) is 11.5 Å². The van der Waals surface area contributed by atoms with Crippen LogP contribution in [0.5, 0.6) is 11.5 Å². The number of hydrogen-bond donors (Lipinski definition) is 0. The highest BCUT2D eigenvalue weighted by atomic mass is 79.9. The van der Waals surface area contributed by atoms with Crippen molar-refractivity contribution in [2.45, 2.75) is 0 Å². The van der Waals surface area contributed by atoms with Crippen molar-refractivity contribution >= 4 is 50.6 Å². The van der Waals surface area contributed by atoms with E-state index in [2.05, 4.69) is 15.9 Å². The zero-order valence-corrected chi connectivity index (χ0v) is 18.7. The molecule has 0 unspecified atom stereocenters. The number of hydrogen-bond acceptors (Lipinski definition) is 6. The predicted molar refractivity (Wildman–Crippen MR) is 120 cm³/mol. The topological polar surface area (TPSA) is 59.1 Å². The summed E-state index contributed by atoms with van der Waals surface area (Å²) in [5.74, 6) is 0.869. The molecule has 0 atom stereocenters. The smallest absolute Gasteiger partial charge is 0.293 e. The number of amides is 2. The third-order valence-electron chi connectivity index (χ3n) is 4.27. The van der Waals surface area contributed by atoms with E-state index in [-0.39, 0.29) is 24.3 Å². The predicted octanol–water partition coefficient (Wildman–Crippen LogP) is 4.64. The summed E-state index contributed by atoms with van der Waals surface area (Å²) in [6.45, 7) is 0.359. The molecule has 1 heterocycles. The summed E-state index contributed by atoms with van der Waals surface area (Å²) in [4.78, 5) is 28.5. The van der Waals surface area contributed by atoms with E-state index in [1.807, 2.05) is 49.3 Å². The van der Waals surface area contributed by atoms with Gasteiger partial charge in [0.2, 0.25) is 0 Å². The van der Waals surface area contributed by atoms with Crippen LogP contribution in [0.4, 0.5) is 10.5 Å². The number of thioether (sulfide) groups is 1. The molecule has 6 nitrogen and oxygen atoms in total. The molecular formula is C21H21BrN2O4S.